The van der Waals surface area contributed by atoms with Gasteiger partial charge >= 0.3 is 6.03 Å². The summed E-state index contributed by atoms with van der Waals surface area (Å²) in [6, 6.07) is 13.8. The number of nitrogens with one attached hydrogen (secondary N) is 1. The number of pyridine rings is 1. The molecule has 3 aromatic rings. The topological polar surface area (TPSA) is 65.7 Å². The highest BCUT2D eigenvalue weighted by Gasteiger charge is 2.24. The maximum Gasteiger partial charge on any atom is 0.318 e. The largest absolute Gasteiger partial charge is 0.496 e. The smallest absolute Gasteiger partial charge is 0.318 e. The van der Waals surface area contributed by atoms with Gasteiger partial charge in [0.1, 0.15) is 18.1 Å². The fourth-order valence-corrected chi connectivity index (χ4v) is 3.88. The maximum absolute atomic E-state index is 15.5. The normalized spacial score (nSPS) is 13.4. The lowest BCUT2D eigenvalue weighted by molar-refractivity contribution is -0.910. The average Bonchev–Trinajstić information content (AvgIpc) is 3.15. The van der Waals surface area contributed by atoms with E-state index in [2.05, 4.69) is 5.32 Å². The van der Waals surface area contributed by atoms with Crippen LogP contribution in [0.5, 0.6) is 5.75 Å². The highest BCUT2D eigenvalue weighted by atomic mass is 35.5. The lowest BCUT2D eigenvalue weighted by atomic mass is 9.97. The minimum atomic E-state index is -0.399. The SMILES string of the molecule is COc1ccc(Cc2ccc(CN3CCNC3=O)[n+](O)c2)c(F)c1-c1cccc(Cl)c1. The molecule has 1 saturated heterocycles. The second-order valence-corrected chi connectivity index (χ2v) is 7.77. The highest BCUT2D eigenvalue weighted by molar-refractivity contribution is 6.30. The summed E-state index contributed by atoms with van der Waals surface area (Å²) in [5, 5.41) is 13.6. The van der Waals surface area contributed by atoms with Crippen LogP contribution < -0.4 is 14.8 Å². The Bertz CT molecular complexity index is 1140. The molecule has 160 valence electrons. The fourth-order valence-electron chi connectivity index (χ4n) is 3.69. The quantitative estimate of drug-likeness (QED) is 0.451. The number of carbonyl (C=O) groups is 1. The van der Waals surface area contributed by atoms with Crippen molar-refractivity contribution in [2.75, 3.05) is 20.2 Å². The van der Waals surface area contributed by atoms with Gasteiger partial charge in [-0.3, -0.25) is 5.21 Å². The van der Waals surface area contributed by atoms with Crippen molar-refractivity contribution >= 4 is 17.6 Å². The molecule has 0 bridgehead atoms. The van der Waals surface area contributed by atoms with Crippen LogP contribution in [0.1, 0.15) is 16.8 Å². The fraction of sp³-hybridized carbons (Fsp3) is 0.217. The Kier molecular flexibility index (Phi) is 5.95. The molecule has 0 saturated carbocycles. The molecule has 2 aromatic carbocycles. The van der Waals surface area contributed by atoms with Crippen LogP contribution in [-0.2, 0) is 13.0 Å². The zero-order valence-corrected chi connectivity index (χ0v) is 17.7. The molecule has 6 nitrogen and oxygen atoms in total. The minimum Gasteiger partial charge on any atom is -0.496 e. The van der Waals surface area contributed by atoms with Crippen LogP contribution in [-0.4, -0.2) is 36.3 Å². The standard InChI is InChI=1S/C23H21ClFN3O3/c1-31-20-8-6-17(22(25)21(20)16-3-2-4-18(24)12-16)11-15-5-7-19(28(30)13-15)14-27-10-9-26-23(27)29/h2-8,12-13H,9-11,14H2,1H3,(H-,26,29,30)/p+1. The molecule has 31 heavy (non-hydrogen) atoms. The molecule has 1 fully saturated rings. The first kappa shape index (κ1) is 20.9. The number of rotatable bonds is 6. The molecule has 0 radical (unpaired) electrons. The Hall–Kier alpha value is -3.32. The number of carbonyl (C=O) groups excluding carboxylic acids is 1. The number of urea groups is 1. The highest BCUT2D eigenvalue weighted by Crippen LogP contribution is 2.36. The minimum absolute atomic E-state index is 0.155. The summed E-state index contributed by atoms with van der Waals surface area (Å²) in [4.78, 5) is 13.3. The van der Waals surface area contributed by atoms with E-state index in [0.29, 0.717) is 52.8 Å². The van der Waals surface area contributed by atoms with Crippen molar-refractivity contribution in [3.63, 3.8) is 0 Å². The molecule has 1 aromatic heterocycles. The van der Waals surface area contributed by atoms with E-state index in [0.717, 1.165) is 10.3 Å². The monoisotopic (exact) mass is 442 g/mol. The zero-order valence-electron chi connectivity index (χ0n) is 16.9. The van der Waals surface area contributed by atoms with E-state index < -0.39 is 5.82 Å². The molecule has 2 heterocycles. The Morgan fingerprint density at radius 3 is 2.77 bits per heavy atom. The van der Waals surface area contributed by atoms with Crippen molar-refractivity contribution in [2.24, 2.45) is 0 Å². The third-order valence-corrected chi connectivity index (χ3v) is 5.52. The Balaban J connectivity index is 1.61. The number of ether oxygens (including phenoxy) is 1. The predicted molar refractivity (Wildman–Crippen MR) is 114 cm³/mol. The average molecular weight is 443 g/mol. The molecule has 2 N–H and O–H groups in total. The van der Waals surface area contributed by atoms with Crippen molar-refractivity contribution in [1.82, 2.24) is 10.2 Å². The summed E-state index contributed by atoms with van der Waals surface area (Å²) in [6.45, 7) is 1.47. The van der Waals surface area contributed by atoms with Crippen LogP contribution in [0.3, 0.4) is 0 Å². The lowest BCUT2D eigenvalue weighted by Crippen LogP contribution is -2.39. The van der Waals surface area contributed by atoms with Crippen molar-refractivity contribution < 1.29 is 23.9 Å². The second kappa shape index (κ2) is 8.81. The van der Waals surface area contributed by atoms with E-state index >= 15 is 4.39 Å². The van der Waals surface area contributed by atoms with Gasteiger partial charge in [0, 0.05) is 40.9 Å². The number of nitrogens with zero attached hydrogens (tertiary/aromatic N) is 2. The van der Waals surface area contributed by atoms with E-state index in [-0.39, 0.29) is 12.5 Å². The molecule has 1 aliphatic heterocycles. The molecular weight excluding hydrogens is 421 g/mol. The number of hydrogen-bond acceptors (Lipinski definition) is 3. The molecule has 2 amide bonds. The van der Waals surface area contributed by atoms with Gasteiger partial charge in [-0.15, -0.1) is 0 Å². The Morgan fingerprint density at radius 1 is 1.26 bits per heavy atom. The van der Waals surface area contributed by atoms with Gasteiger partial charge in [-0.2, -0.15) is 0 Å². The lowest BCUT2D eigenvalue weighted by Gasteiger charge is -2.14. The van der Waals surface area contributed by atoms with E-state index in [9.17, 15) is 10.0 Å². The van der Waals surface area contributed by atoms with Crippen LogP contribution in [0.2, 0.25) is 5.02 Å². The molecule has 1 aliphatic rings. The van der Waals surface area contributed by atoms with Crippen molar-refractivity contribution in [3.8, 4) is 16.9 Å². The van der Waals surface area contributed by atoms with Gasteiger partial charge in [-0.05, 0) is 35.4 Å². The number of halogens is 2. The molecule has 0 aliphatic carbocycles. The number of hydrogen-bond donors (Lipinski definition) is 2. The molecular formula is C23H22ClFN3O3+. The first-order chi connectivity index (χ1) is 15.0. The third kappa shape index (κ3) is 4.41. The Labute approximate surface area is 184 Å². The van der Waals surface area contributed by atoms with Gasteiger partial charge < -0.3 is 15.0 Å². The first-order valence-corrected chi connectivity index (χ1v) is 10.2. The van der Waals surface area contributed by atoms with Crippen molar-refractivity contribution in [2.45, 2.75) is 13.0 Å². The number of methoxy groups -OCH3 is 1. The molecule has 0 spiro atoms. The van der Waals surface area contributed by atoms with E-state index in [1.165, 1.54) is 13.3 Å². The summed E-state index contributed by atoms with van der Waals surface area (Å²) in [6.07, 6.45) is 1.81. The van der Waals surface area contributed by atoms with Crippen molar-refractivity contribution in [1.29, 1.82) is 0 Å². The molecule has 0 atom stereocenters. The summed E-state index contributed by atoms with van der Waals surface area (Å²) in [7, 11) is 1.50. The second-order valence-electron chi connectivity index (χ2n) is 7.33. The van der Waals surface area contributed by atoms with E-state index in [4.69, 9.17) is 16.3 Å². The summed E-state index contributed by atoms with van der Waals surface area (Å²) >= 11 is 6.09. The number of amides is 2. The number of benzene rings is 2. The van der Waals surface area contributed by atoms with Gasteiger partial charge in [0.2, 0.25) is 6.20 Å². The van der Waals surface area contributed by atoms with Crippen LogP contribution in [0.25, 0.3) is 11.1 Å². The van der Waals surface area contributed by atoms with Gasteiger partial charge in [-0.1, -0.05) is 29.8 Å². The number of aromatic nitrogens is 1. The molecule has 8 heteroatoms. The van der Waals surface area contributed by atoms with Gasteiger partial charge in [0.25, 0.3) is 5.69 Å². The molecule has 0 unspecified atom stereocenters. The summed E-state index contributed by atoms with van der Waals surface area (Å²) in [5.41, 5.74) is 2.72. The molecule has 4 rings (SSSR count). The Morgan fingerprint density at radius 2 is 2.10 bits per heavy atom. The van der Waals surface area contributed by atoms with Crippen LogP contribution in [0.4, 0.5) is 9.18 Å². The van der Waals surface area contributed by atoms with Crippen molar-refractivity contribution in [3.05, 3.63) is 82.4 Å². The summed E-state index contributed by atoms with van der Waals surface area (Å²) in [5.74, 6) is 0.0175. The van der Waals surface area contributed by atoms with E-state index in [1.54, 1.807) is 47.4 Å². The van der Waals surface area contributed by atoms with Crippen LogP contribution in [0, 0.1) is 5.82 Å². The van der Waals surface area contributed by atoms with Crippen LogP contribution in [0.15, 0.2) is 54.7 Å². The zero-order chi connectivity index (χ0) is 22.0. The van der Waals surface area contributed by atoms with Gasteiger partial charge in [-0.25, -0.2) is 9.18 Å². The maximum atomic E-state index is 15.5. The van der Waals surface area contributed by atoms with Gasteiger partial charge in [0.15, 0.2) is 0 Å². The predicted octanol–water partition coefficient (Wildman–Crippen LogP) is 3.80. The van der Waals surface area contributed by atoms with Gasteiger partial charge in [0.05, 0.1) is 12.7 Å². The van der Waals surface area contributed by atoms with E-state index in [1.807, 2.05) is 6.07 Å². The van der Waals surface area contributed by atoms with Crippen LogP contribution >= 0.6 is 11.6 Å². The first-order valence-electron chi connectivity index (χ1n) is 9.83. The summed E-state index contributed by atoms with van der Waals surface area (Å²) < 4.78 is 21.8. The third-order valence-electron chi connectivity index (χ3n) is 5.28.